The van der Waals surface area contributed by atoms with Gasteiger partial charge in [0.15, 0.2) is 0 Å². The first kappa shape index (κ1) is 19.0. The quantitative estimate of drug-likeness (QED) is 0.869. The number of nitrogens with one attached hydrogen (secondary N) is 1. The first-order valence-electron chi connectivity index (χ1n) is 8.06. The fourth-order valence-corrected chi connectivity index (χ4v) is 3.17. The summed E-state index contributed by atoms with van der Waals surface area (Å²) in [5.41, 5.74) is 6.81. The van der Waals surface area contributed by atoms with Crippen LogP contribution in [0.5, 0.6) is 0 Å². The van der Waals surface area contributed by atoms with Crippen molar-refractivity contribution in [3.63, 3.8) is 0 Å². The highest BCUT2D eigenvalue weighted by molar-refractivity contribution is 5.85. The number of hydrogen-bond donors (Lipinski definition) is 2. The highest BCUT2D eigenvalue weighted by atomic mass is 35.5. The Morgan fingerprint density at radius 3 is 2.32 bits per heavy atom. The normalized spacial score (nSPS) is 21.8. The highest BCUT2D eigenvalue weighted by Gasteiger charge is 2.25. The van der Waals surface area contributed by atoms with Crippen LogP contribution in [-0.4, -0.2) is 18.0 Å². The van der Waals surface area contributed by atoms with Gasteiger partial charge in [0.25, 0.3) is 0 Å². The van der Waals surface area contributed by atoms with E-state index in [2.05, 4.69) is 35.6 Å². The van der Waals surface area contributed by atoms with Gasteiger partial charge in [0.1, 0.15) is 0 Å². The lowest BCUT2D eigenvalue weighted by molar-refractivity contribution is -0.123. The Labute approximate surface area is 140 Å². The van der Waals surface area contributed by atoms with E-state index in [-0.39, 0.29) is 23.9 Å². The summed E-state index contributed by atoms with van der Waals surface area (Å²) in [6, 6.07) is 10.7. The van der Waals surface area contributed by atoms with Gasteiger partial charge < -0.3 is 11.1 Å². The van der Waals surface area contributed by atoms with Gasteiger partial charge in [-0.05, 0) is 56.9 Å². The Morgan fingerprint density at radius 1 is 1.18 bits per heavy atom. The minimum absolute atomic E-state index is 0. The lowest BCUT2D eigenvalue weighted by Crippen LogP contribution is -2.49. The fraction of sp³-hybridized carbons (Fsp3) is 0.611. The summed E-state index contributed by atoms with van der Waals surface area (Å²) in [4.78, 5) is 12.1. The van der Waals surface area contributed by atoms with Crippen LogP contribution in [0.15, 0.2) is 30.3 Å². The van der Waals surface area contributed by atoms with Crippen LogP contribution in [-0.2, 0) is 4.79 Å². The summed E-state index contributed by atoms with van der Waals surface area (Å²) >= 11 is 0. The molecule has 1 aliphatic carbocycles. The maximum atomic E-state index is 12.1. The maximum absolute atomic E-state index is 12.1. The number of halogens is 1. The second kappa shape index (κ2) is 8.54. The standard InChI is InChI=1S/C18H28N2O.ClH/c1-18(2,13-19)20-17(21)12-14-8-10-16(11-9-14)15-6-4-3-5-7-15;/h3-7,14,16H,8-13,19H2,1-2H3,(H,20,21);1H. The van der Waals surface area contributed by atoms with Crippen molar-refractivity contribution in [2.45, 2.75) is 57.4 Å². The second-order valence-corrected chi connectivity index (χ2v) is 6.97. The van der Waals surface area contributed by atoms with Gasteiger partial charge in [-0.3, -0.25) is 4.79 Å². The molecule has 2 rings (SSSR count). The van der Waals surface area contributed by atoms with Crippen molar-refractivity contribution in [2.75, 3.05) is 6.54 Å². The number of benzene rings is 1. The van der Waals surface area contributed by atoms with E-state index in [1.165, 1.54) is 18.4 Å². The Balaban J connectivity index is 0.00000242. The lowest BCUT2D eigenvalue weighted by atomic mass is 9.77. The smallest absolute Gasteiger partial charge is 0.220 e. The first-order valence-corrected chi connectivity index (χ1v) is 8.06. The summed E-state index contributed by atoms with van der Waals surface area (Å²) in [6.07, 6.45) is 5.33. The number of carbonyl (C=O) groups is 1. The molecule has 22 heavy (non-hydrogen) atoms. The van der Waals surface area contributed by atoms with E-state index in [1.807, 2.05) is 13.8 Å². The van der Waals surface area contributed by atoms with Gasteiger partial charge in [0.05, 0.1) is 0 Å². The summed E-state index contributed by atoms with van der Waals surface area (Å²) in [7, 11) is 0. The predicted octanol–water partition coefficient (Wildman–Crippen LogP) is 3.63. The molecular weight excluding hydrogens is 296 g/mol. The van der Waals surface area contributed by atoms with E-state index < -0.39 is 0 Å². The molecule has 0 atom stereocenters. The molecule has 1 fully saturated rings. The van der Waals surface area contributed by atoms with E-state index >= 15 is 0 Å². The molecule has 0 aromatic heterocycles. The molecule has 1 aromatic carbocycles. The Morgan fingerprint density at radius 2 is 1.77 bits per heavy atom. The van der Waals surface area contributed by atoms with Crippen LogP contribution in [0.1, 0.15) is 57.4 Å². The van der Waals surface area contributed by atoms with Gasteiger partial charge in [-0.1, -0.05) is 30.3 Å². The van der Waals surface area contributed by atoms with Gasteiger partial charge in [-0.2, -0.15) is 0 Å². The molecule has 0 aliphatic heterocycles. The largest absolute Gasteiger partial charge is 0.350 e. The Bertz CT molecular complexity index is 453. The first-order chi connectivity index (χ1) is 10.00. The molecule has 4 heteroatoms. The van der Waals surface area contributed by atoms with E-state index in [1.54, 1.807) is 0 Å². The molecule has 3 N–H and O–H groups in total. The lowest BCUT2D eigenvalue weighted by Gasteiger charge is -2.30. The van der Waals surface area contributed by atoms with Gasteiger partial charge in [0, 0.05) is 18.5 Å². The molecule has 0 bridgehead atoms. The van der Waals surface area contributed by atoms with Crippen LogP contribution in [0.25, 0.3) is 0 Å². The summed E-state index contributed by atoms with van der Waals surface area (Å²) in [6.45, 7) is 4.41. The van der Waals surface area contributed by atoms with Crippen molar-refractivity contribution < 1.29 is 4.79 Å². The summed E-state index contributed by atoms with van der Waals surface area (Å²) in [5, 5.41) is 3.03. The van der Waals surface area contributed by atoms with Gasteiger partial charge >= 0.3 is 0 Å². The van der Waals surface area contributed by atoms with Gasteiger partial charge in [0.2, 0.25) is 5.91 Å². The fourth-order valence-electron chi connectivity index (χ4n) is 3.17. The Hall–Kier alpha value is -1.06. The maximum Gasteiger partial charge on any atom is 0.220 e. The van der Waals surface area contributed by atoms with Gasteiger partial charge in [-0.25, -0.2) is 0 Å². The van der Waals surface area contributed by atoms with Crippen LogP contribution >= 0.6 is 12.4 Å². The number of carbonyl (C=O) groups excluding carboxylic acids is 1. The predicted molar refractivity (Wildman–Crippen MR) is 94.3 cm³/mol. The number of nitrogens with two attached hydrogens (primary N) is 1. The van der Waals surface area contributed by atoms with Crippen LogP contribution in [0.2, 0.25) is 0 Å². The van der Waals surface area contributed by atoms with Crippen LogP contribution < -0.4 is 11.1 Å². The van der Waals surface area contributed by atoms with E-state index in [0.29, 0.717) is 24.8 Å². The monoisotopic (exact) mass is 324 g/mol. The van der Waals surface area contributed by atoms with E-state index in [0.717, 1.165) is 12.8 Å². The number of hydrogen-bond acceptors (Lipinski definition) is 2. The average Bonchev–Trinajstić information content (AvgIpc) is 2.48. The van der Waals surface area contributed by atoms with E-state index in [9.17, 15) is 4.79 Å². The van der Waals surface area contributed by atoms with Crippen LogP contribution in [0.4, 0.5) is 0 Å². The third kappa shape index (κ3) is 5.62. The molecule has 0 saturated heterocycles. The SMILES string of the molecule is CC(C)(CN)NC(=O)CC1CCC(c2ccccc2)CC1.Cl. The molecule has 0 heterocycles. The summed E-state index contributed by atoms with van der Waals surface area (Å²) in [5.74, 6) is 1.35. The molecule has 0 radical (unpaired) electrons. The Kier molecular flexibility index (Phi) is 7.37. The molecule has 3 nitrogen and oxygen atoms in total. The van der Waals surface area contributed by atoms with E-state index in [4.69, 9.17) is 5.73 Å². The molecular formula is C18H29ClN2O. The molecule has 124 valence electrons. The molecule has 1 amide bonds. The van der Waals surface area contributed by atoms with Crippen molar-refractivity contribution in [1.29, 1.82) is 0 Å². The van der Waals surface area contributed by atoms with Gasteiger partial charge in [-0.15, -0.1) is 12.4 Å². The highest BCUT2D eigenvalue weighted by Crippen LogP contribution is 2.36. The van der Waals surface area contributed by atoms with Crippen LogP contribution in [0, 0.1) is 5.92 Å². The molecule has 1 saturated carbocycles. The van der Waals surface area contributed by atoms with Crippen LogP contribution in [0.3, 0.4) is 0 Å². The average molecular weight is 325 g/mol. The minimum Gasteiger partial charge on any atom is -0.350 e. The molecule has 0 unspecified atom stereocenters. The van der Waals surface area contributed by atoms with Crippen molar-refractivity contribution in [3.8, 4) is 0 Å². The number of rotatable bonds is 5. The van der Waals surface area contributed by atoms with Crippen molar-refractivity contribution in [1.82, 2.24) is 5.32 Å². The minimum atomic E-state index is -0.293. The third-order valence-electron chi connectivity index (χ3n) is 4.58. The van der Waals surface area contributed by atoms with Crippen molar-refractivity contribution >= 4 is 18.3 Å². The topological polar surface area (TPSA) is 55.1 Å². The zero-order chi connectivity index (χ0) is 15.3. The number of amides is 1. The zero-order valence-corrected chi connectivity index (χ0v) is 14.5. The molecule has 1 aromatic rings. The summed E-state index contributed by atoms with van der Waals surface area (Å²) < 4.78 is 0. The molecule has 1 aliphatic rings. The molecule has 0 spiro atoms. The van der Waals surface area contributed by atoms with Crippen molar-refractivity contribution in [2.24, 2.45) is 11.7 Å². The third-order valence-corrected chi connectivity index (χ3v) is 4.58. The zero-order valence-electron chi connectivity index (χ0n) is 13.7. The van der Waals surface area contributed by atoms with Crippen molar-refractivity contribution in [3.05, 3.63) is 35.9 Å². The second-order valence-electron chi connectivity index (χ2n) is 6.97.